The molecular weight excluding hydrogens is 949 g/mol. The number of allylic oxidation sites excluding steroid dienone is 10. The van der Waals surface area contributed by atoms with E-state index in [1.807, 2.05) is 0 Å². The third kappa shape index (κ3) is 63.8. The van der Waals surface area contributed by atoms with Crippen LogP contribution in [-0.4, -0.2) is 37.2 Å². The molecule has 0 aromatic carbocycles. The Morgan fingerprint density at radius 3 is 0.753 bits per heavy atom. The van der Waals surface area contributed by atoms with E-state index in [1.165, 1.54) is 238 Å². The van der Waals surface area contributed by atoms with E-state index < -0.39 is 6.10 Å². The molecule has 0 aliphatic carbocycles. The molecule has 6 heteroatoms. The van der Waals surface area contributed by atoms with Crippen LogP contribution in [0.4, 0.5) is 0 Å². The smallest absolute Gasteiger partial charge is 0.306 e. The summed E-state index contributed by atoms with van der Waals surface area (Å²) < 4.78 is 17.0. The van der Waals surface area contributed by atoms with E-state index in [0.717, 1.165) is 77.0 Å². The number of hydrogen-bond donors (Lipinski definition) is 0. The second-order valence-corrected chi connectivity index (χ2v) is 22.7. The summed E-state index contributed by atoms with van der Waals surface area (Å²) >= 11 is 0. The maximum absolute atomic E-state index is 12.9. The molecule has 0 aromatic rings. The Hall–Kier alpha value is -2.89. The highest BCUT2D eigenvalue weighted by Crippen LogP contribution is 2.17. The molecule has 0 bridgehead atoms. The molecule has 0 spiro atoms. The Labute approximate surface area is 479 Å². The first kappa shape index (κ1) is 74.1. The van der Waals surface area contributed by atoms with Crippen molar-refractivity contribution in [1.29, 1.82) is 0 Å². The maximum Gasteiger partial charge on any atom is 0.306 e. The fourth-order valence-corrected chi connectivity index (χ4v) is 9.85. The van der Waals surface area contributed by atoms with E-state index in [0.29, 0.717) is 19.3 Å². The minimum absolute atomic E-state index is 0.0777. The summed E-state index contributed by atoms with van der Waals surface area (Å²) in [5.74, 6) is -0.874. The maximum atomic E-state index is 12.9. The minimum atomic E-state index is -0.781. The molecule has 0 saturated carbocycles. The van der Waals surface area contributed by atoms with Crippen LogP contribution >= 0.6 is 0 Å². The molecule has 1 atom stereocenters. The first-order chi connectivity index (χ1) is 38.0. The van der Waals surface area contributed by atoms with E-state index in [4.69, 9.17) is 14.2 Å². The van der Waals surface area contributed by atoms with Gasteiger partial charge in [0.2, 0.25) is 0 Å². The first-order valence-corrected chi connectivity index (χ1v) is 33.8. The fraction of sp³-hybridized carbons (Fsp3) is 0.817. The van der Waals surface area contributed by atoms with Gasteiger partial charge in [-0.15, -0.1) is 0 Å². The summed E-state index contributed by atoms with van der Waals surface area (Å²) in [6, 6.07) is 0. The van der Waals surface area contributed by atoms with Crippen LogP contribution in [0.3, 0.4) is 0 Å². The number of unbranched alkanes of at least 4 members (excludes halogenated alkanes) is 41. The Bertz CT molecular complexity index is 1380. The van der Waals surface area contributed by atoms with Crippen LogP contribution < -0.4 is 0 Å². The van der Waals surface area contributed by atoms with Gasteiger partial charge < -0.3 is 14.2 Å². The van der Waals surface area contributed by atoms with Gasteiger partial charge in [0.1, 0.15) is 13.2 Å². The van der Waals surface area contributed by atoms with Crippen LogP contribution in [0, 0.1) is 0 Å². The molecule has 77 heavy (non-hydrogen) atoms. The minimum Gasteiger partial charge on any atom is -0.462 e. The van der Waals surface area contributed by atoms with Gasteiger partial charge in [0.15, 0.2) is 6.10 Å². The second kappa shape index (κ2) is 65.6. The van der Waals surface area contributed by atoms with Crippen molar-refractivity contribution in [1.82, 2.24) is 0 Å². The second-order valence-electron chi connectivity index (χ2n) is 22.7. The van der Waals surface area contributed by atoms with Gasteiger partial charge in [-0.2, -0.15) is 0 Å². The highest BCUT2D eigenvalue weighted by Gasteiger charge is 2.19. The van der Waals surface area contributed by atoms with Crippen molar-refractivity contribution < 1.29 is 28.6 Å². The Morgan fingerprint density at radius 2 is 0.468 bits per heavy atom. The van der Waals surface area contributed by atoms with Crippen LogP contribution in [-0.2, 0) is 28.6 Å². The van der Waals surface area contributed by atoms with Gasteiger partial charge in [-0.25, -0.2) is 0 Å². The van der Waals surface area contributed by atoms with Gasteiger partial charge in [-0.1, -0.05) is 287 Å². The van der Waals surface area contributed by atoms with Gasteiger partial charge in [0.05, 0.1) is 0 Å². The molecule has 0 saturated heterocycles. The number of hydrogen-bond acceptors (Lipinski definition) is 6. The molecule has 1 unspecified atom stereocenters. The molecule has 0 fully saturated rings. The van der Waals surface area contributed by atoms with Crippen molar-refractivity contribution in [2.45, 2.75) is 361 Å². The highest BCUT2D eigenvalue weighted by molar-refractivity contribution is 5.71. The molecule has 0 radical (unpaired) electrons. The van der Waals surface area contributed by atoms with Crippen molar-refractivity contribution in [3.63, 3.8) is 0 Å². The summed E-state index contributed by atoms with van der Waals surface area (Å²) in [6.45, 7) is 6.65. The van der Waals surface area contributed by atoms with Gasteiger partial charge in [-0.05, 0) is 109 Å². The summed E-state index contributed by atoms with van der Waals surface area (Å²) in [4.78, 5) is 38.4. The molecule has 0 aromatic heterocycles. The van der Waals surface area contributed by atoms with Crippen LogP contribution in [0.15, 0.2) is 60.8 Å². The molecule has 0 heterocycles. The normalized spacial score (nSPS) is 12.4. The first-order valence-electron chi connectivity index (χ1n) is 33.8. The molecule has 0 aliphatic rings. The van der Waals surface area contributed by atoms with E-state index in [-0.39, 0.29) is 31.1 Å². The van der Waals surface area contributed by atoms with E-state index in [2.05, 4.69) is 81.5 Å². The predicted molar refractivity (Wildman–Crippen MR) is 335 cm³/mol. The molecule has 448 valence electrons. The van der Waals surface area contributed by atoms with E-state index in [1.54, 1.807) is 0 Å². The monoisotopic (exact) mass is 1080 g/mol. The zero-order chi connectivity index (χ0) is 55.7. The standard InChI is InChI=1S/C71H128O6/c1-4-7-10-13-16-19-22-25-27-29-31-33-34-35-36-38-39-41-43-46-49-52-55-58-61-64-70(73)76-67-68(66-75-69(72)63-60-57-54-51-48-45-24-21-18-15-12-9-6-3)77-71(74)65-62-59-56-53-50-47-44-42-40-37-32-30-28-26-23-20-17-14-11-8-5-2/h21-22,24-25,29-32,34-35,68H,4-20,23,26-28,33,36-67H2,1-3H3/b24-21-,25-22-,31-29-,32-30-,35-34-. The molecule has 6 nitrogen and oxygen atoms in total. The number of carbonyl (C=O) groups is 3. The zero-order valence-corrected chi connectivity index (χ0v) is 51.5. The Kier molecular flexibility index (Phi) is 63.2. The van der Waals surface area contributed by atoms with Crippen molar-refractivity contribution in [3.8, 4) is 0 Å². The van der Waals surface area contributed by atoms with Crippen LogP contribution in [0.5, 0.6) is 0 Å². The highest BCUT2D eigenvalue weighted by atomic mass is 16.6. The van der Waals surface area contributed by atoms with E-state index in [9.17, 15) is 14.4 Å². The predicted octanol–water partition coefficient (Wildman–Crippen LogP) is 23.1. The van der Waals surface area contributed by atoms with Crippen molar-refractivity contribution in [2.75, 3.05) is 13.2 Å². The average Bonchev–Trinajstić information content (AvgIpc) is 3.43. The van der Waals surface area contributed by atoms with Crippen molar-refractivity contribution in [2.24, 2.45) is 0 Å². The van der Waals surface area contributed by atoms with Crippen LogP contribution in [0.1, 0.15) is 355 Å². The number of esters is 3. The molecule has 0 rings (SSSR count). The molecule has 0 amide bonds. The lowest BCUT2D eigenvalue weighted by Gasteiger charge is -2.18. The number of ether oxygens (including phenoxy) is 3. The topological polar surface area (TPSA) is 78.9 Å². The molecule has 0 N–H and O–H groups in total. The van der Waals surface area contributed by atoms with Crippen molar-refractivity contribution in [3.05, 3.63) is 60.8 Å². The average molecular weight is 1080 g/mol. The van der Waals surface area contributed by atoms with Gasteiger partial charge in [0, 0.05) is 19.3 Å². The van der Waals surface area contributed by atoms with Crippen LogP contribution in [0.2, 0.25) is 0 Å². The van der Waals surface area contributed by atoms with Gasteiger partial charge in [-0.3, -0.25) is 14.4 Å². The zero-order valence-electron chi connectivity index (χ0n) is 51.5. The van der Waals surface area contributed by atoms with Gasteiger partial charge >= 0.3 is 17.9 Å². The lowest BCUT2D eigenvalue weighted by molar-refractivity contribution is -0.167. The van der Waals surface area contributed by atoms with Crippen molar-refractivity contribution >= 4 is 17.9 Å². The van der Waals surface area contributed by atoms with E-state index >= 15 is 0 Å². The van der Waals surface area contributed by atoms with Crippen LogP contribution in [0.25, 0.3) is 0 Å². The summed E-state index contributed by atoms with van der Waals surface area (Å²) in [5.41, 5.74) is 0. The molecular formula is C71H128O6. The quantitative estimate of drug-likeness (QED) is 0.0261. The third-order valence-electron chi connectivity index (χ3n) is 15.0. The third-order valence-corrected chi connectivity index (χ3v) is 15.0. The summed E-state index contributed by atoms with van der Waals surface area (Å²) in [5, 5.41) is 0. The Balaban J connectivity index is 4.30. The van der Waals surface area contributed by atoms with Gasteiger partial charge in [0.25, 0.3) is 0 Å². The largest absolute Gasteiger partial charge is 0.462 e. The molecule has 0 aliphatic heterocycles. The lowest BCUT2D eigenvalue weighted by atomic mass is 10.0. The Morgan fingerprint density at radius 1 is 0.260 bits per heavy atom. The summed E-state index contributed by atoms with van der Waals surface area (Å²) in [6.07, 6.45) is 83.8. The summed E-state index contributed by atoms with van der Waals surface area (Å²) in [7, 11) is 0. The fourth-order valence-electron chi connectivity index (χ4n) is 9.85. The SMILES string of the molecule is CCCCCC/C=C\CCCCCCCC(=O)OCC(COC(=O)CCCCCCCCCCCC/C=C\C/C=C\C/C=C\CCCCCCC)OC(=O)CCCCCCCCCCC/C=C\CCCCCCCCCC. The number of rotatable bonds is 62. The lowest BCUT2D eigenvalue weighted by Crippen LogP contribution is -2.30. The number of carbonyl (C=O) groups excluding carboxylic acids is 3.